The quantitative estimate of drug-likeness (QED) is 0.328. The molecule has 7 rings (SSSR count). The number of hydrogen-bond acceptors (Lipinski definition) is 10. The van der Waals surface area contributed by atoms with Crippen molar-refractivity contribution in [3.63, 3.8) is 0 Å². The molecule has 10 heteroatoms. The largest absolute Gasteiger partial charge is 0.507 e. The second-order valence-corrected chi connectivity index (χ2v) is 9.00. The SMILES string of the molecule is C[C@@H]1O[C@H]2CC(=O)O[C@H]2c2c(O)c3c(c(O)c21)C(=O)C1=C(C3=O)[C@H]2C[C@@H](O)[C@@]1(O)[C@@H](C)O2. The molecule has 0 aromatic heterocycles. The predicted molar refractivity (Wildman–Crippen MR) is 102 cm³/mol. The molecule has 0 radical (unpaired) electrons. The highest BCUT2D eigenvalue weighted by Gasteiger charge is 2.62. The molecule has 32 heavy (non-hydrogen) atoms. The molecule has 1 aromatic rings. The van der Waals surface area contributed by atoms with E-state index in [1.54, 1.807) is 6.92 Å². The van der Waals surface area contributed by atoms with Crippen LogP contribution in [-0.2, 0) is 19.0 Å². The number of esters is 1. The second kappa shape index (κ2) is 5.96. The van der Waals surface area contributed by atoms with Gasteiger partial charge in [-0.05, 0) is 13.8 Å². The van der Waals surface area contributed by atoms with Crippen molar-refractivity contribution in [1.29, 1.82) is 0 Å². The summed E-state index contributed by atoms with van der Waals surface area (Å²) in [5.74, 6) is -3.36. The molecule has 7 atom stereocenters. The average Bonchev–Trinajstić information content (AvgIpc) is 3.09. The molecule has 0 saturated carbocycles. The number of hydrogen-bond donors (Lipinski definition) is 4. The summed E-state index contributed by atoms with van der Waals surface area (Å²) in [5, 5.41) is 44.0. The highest BCUT2D eigenvalue weighted by Crippen LogP contribution is 2.57. The van der Waals surface area contributed by atoms with Crippen molar-refractivity contribution in [2.45, 2.75) is 68.9 Å². The number of aromatic hydroxyl groups is 2. The van der Waals surface area contributed by atoms with Gasteiger partial charge in [0, 0.05) is 28.7 Å². The van der Waals surface area contributed by atoms with Crippen LogP contribution in [0.15, 0.2) is 11.1 Å². The molecule has 168 valence electrons. The van der Waals surface area contributed by atoms with Gasteiger partial charge in [0.2, 0.25) is 0 Å². The third-order valence-corrected chi connectivity index (χ3v) is 7.41. The van der Waals surface area contributed by atoms with E-state index in [-0.39, 0.29) is 35.1 Å². The number of fused-ring (bicyclic) bond motifs is 6. The molecule has 2 saturated heterocycles. The monoisotopic (exact) mass is 444 g/mol. The number of rotatable bonds is 0. The Balaban J connectivity index is 1.64. The lowest BCUT2D eigenvalue weighted by Gasteiger charge is -2.52. The summed E-state index contributed by atoms with van der Waals surface area (Å²) in [5.41, 5.74) is -3.41. The third kappa shape index (κ3) is 2.06. The molecule has 0 spiro atoms. The van der Waals surface area contributed by atoms with E-state index in [1.165, 1.54) is 6.92 Å². The Hall–Kier alpha value is -2.79. The number of ether oxygens (including phenoxy) is 3. The van der Waals surface area contributed by atoms with Gasteiger partial charge in [-0.25, -0.2) is 0 Å². The zero-order chi connectivity index (χ0) is 22.9. The Bertz CT molecular complexity index is 1170. The molecule has 4 heterocycles. The number of aliphatic hydroxyl groups excluding tert-OH is 1. The maximum Gasteiger partial charge on any atom is 0.309 e. The number of phenols is 2. The van der Waals surface area contributed by atoms with E-state index in [2.05, 4.69) is 0 Å². The van der Waals surface area contributed by atoms with Crippen LogP contribution in [0.2, 0.25) is 0 Å². The molecule has 10 nitrogen and oxygen atoms in total. The minimum absolute atomic E-state index is 0.0371. The number of Topliss-reactive ketones (excluding diaryl/α,β-unsaturated/α-hetero) is 2. The summed E-state index contributed by atoms with van der Waals surface area (Å²) in [6.07, 6.45) is -5.97. The van der Waals surface area contributed by atoms with Gasteiger partial charge in [0.1, 0.15) is 23.2 Å². The first-order valence-corrected chi connectivity index (χ1v) is 10.4. The number of carbonyl (C=O) groups is 3. The fourth-order valence-corrected chi connectivity index (χ4v) is 5.95. The van der Waals surface area contributed by atoms with Gasteiger partial charge < -0.3 is 34.6 Å². The van der Waals surface area contributed by atoms with E-state index < -0.39 is 82.4 Å². The molecule has 2 bridgehead atoms. The molecule has 6 aliphatic rings. The summed E-state index contributed by atoms with van der Waals surface area (Å²) in [6, 6.07) is 0. The van der Waals surface area contributed by atoms with Crippen molar-refractivity contribution >= 4 is 17.5 Å². The first kappa shape index (κ1) is 19.9. The van der Waals surface area contributed by atoms with Gasteiger partial charge in [-0.2, -0.15) is 0 Å². The van der Waals surface area contributed by atoms with E-state index in [4.69, 9.17) is 14.2 Å². The van der Waals surface area contributed by atoms with Crippen LogP contribution in [0.1, 0.15) is 70.7 Å². The van der Waals surface area contributed by atoms with E-state index in [1.807, 2.05) is 0 Å². The van der Waals surface area contributed by atoms with Crippen LogP contribution in [-0.4, -0.2) is 68.0 Å². The van der Waals surface area contributed by atoms with Crippen molar-refractivity contribution in [3.05, 3.63) is 33.4 Å². The topological polar surface area (TPSA) is 160 Å². The molecule has 2 fully saturated rings. The Labute approximate surface area is 181 Å². The third-order valence-electron chi connectivity index (χ3n) is 7.41. The maximum atomic E-state index is 13.6. The number of phenolic OH excluding ortho intramolecular Hbond substituents is 2. The molecule has 2 aliphatic carbocycles. The van der Waals surface area contributed by atoms with E-state index in [0.29, 0.717) is 0 Å². The number of aliphatic hydroxyl groups is 2. The Kier molecular flexibility index (Phi) is 3.70. The van der Waals surface area contributed by atoms with Gasteiger partial charge in [-0.15, -0.1) is 0 Å². The fraction of sp³-hybridized carbons (Fsp3) is 0.500. The van der Waals surface area contributed by atoms with Crippen molar-refractivity contribution in [2.24, 2.45) is 0 Å². The lowest BCUT2D eigenvalue weighted by atomic mass is 9.63. The van der Waals surface area contributed by atoms with Crippen LogP contribution in [0.25, 0.3) is 0 Å². The molecular weight excluding hydrogens is 424 g/mol. The van der Waals surface area contributed by atoms with E-state index >= 15 is 0 Å². The lowest BCUT2D eigenvalue weighted by molar-refractivity contribution is -0.207. The molecule has 4 N–H and O–H groups in total. The van der Waals surface area contributed by atoms with Gasteiger partial charge in [-0.1, -0.05) is 0 Å². The number of carbonyl (C=O) groups excluding carboxylic acids is 3. The molecule has 0 unspecified atom stereocenters. The average molecular weight is 444 g/mol. The fourth-order valence-electron chi connectivity index (χ4n) is 5.95. The highest BCUT2D eigenvalue weighted by molar-refractivity contribution is 6.30. The van der Waals surface area contributed by atoms with Crippen molar-refractivity contribution < 1.29 is 49.0 Å². The summed E-state index contributed by atoms with van der Waals surface area (Å²) < 4.78 is 16.7. The Morgan fingerprint density at radius 2 is 1.62 bits per heavy atom. The smallest absolute Gasteiger partial charge is 0.309 e. The highest BCUT2D eigenvalue weighted by atomic mass is 16.6. The zero-order valence-electron chi connectivity index (χ0n) is 17.1. The van der Waals surface area contributed by atoms with Crippen LogP contribution in [0, 0.1) is 0 Å². The van der Waals surface area contributed by atoms with Crippen LogP contribution in [0.5, 0.6) is 11.5 Å². The first-order chi connectivity index (χ1) is 15.1. The van der Waals surface area contributed by atoms with Crippen LogP contribution < -0.4 is 0 Å². The minimum Gasteiger partial charge on any atom is -0.507 e. The van der Waals surface area contributed by atoms with Gasteiger partial charge in [-0.3, -0.25) is 14.4 Å². The lowest BCUT2D eigenvalue weighted by Crippen LogP contribution is -2.66. The van der Waals surface area contributed by atoms with E-state index in [9.17, 15) is 34.8 Å². The van der Waals surface area contributed by atoms with Gasteiger partial charge in [0.15, 0.2) is 17.7 Å². The molecule has 0 amide bonds. The van der Waals surface area contributed by atoms with Crippen molar-refractivity contribution in [2.75, 3.05) is 0 Å². The molecule has 4 aliphatic heterocycles. The number of benzene rings is 1. The summed E-state index contributed by atoms with van der Waals surface area (Å²) in [4.78, 5) is 39.0. The Morgan fingerprint density at radius 1 is 0.969 bits per heavy atom. The van der Waals surface area contributed by atoms with Gasteiger partial charge >= 0.3 is 5.97 Å². The van der Waals surface area contributed by atoms with Crippen LogP contribution in [0.4, 0.5) is 0 Å². The predicted octanol–water partition coefficient (Wildman–Crippen LogP) is 0.504. The van der Waals surface area contributed by atoms with Crippen molar-refractivity contribution in [3.8, 4) is 11.5 Å². The zero-order valence-corrected chi connectivity index (χ0v) is 17.1. The molecule has 1 aromatic carbocycles. The van der Waals surface area contributed by atoms with Gasteiger partial charge in [0.05, 0.1) is 42.0 Å². The van der Waals surface area contributed by atoms with Crippen molar-refractivity contribution in [1.82, 2.24) is 0 Å². The normalized spacial score (nSPS) is 39.4. The summed E-state index contributed by atoms with van der Waals surface area (Å²) >= 11 is 0. The second-order valence-electron chi connectivity index (χ2n) is 9.00. The van der Waals surface area contributed by atoms with E-state index in [0.717, 1.165) is 0 Å². The number of ketones is 2. The van der Waals surface area contributed by atoms with Crippen LogP contribution in [0.3, 0.4) is 0 Å². The van der Waals surface area contributed by atoms with Crippen LogP contribution >= 0.6 is 0 Å². The Morgan fingerprint density at radius 3 is 2.31 bits per heavy atom. The summed E-state index contributed by atoms with van der Waals surface area (Å²) in [6.45, 7) is 3.07. The van der Waals surface area contributed by atoms with Gasteiger partial charge in [0.25, 0.3) is 0 Å². The standard InChI is InChI=1S/C22H20O10/c1-5-11-15(21-8(30-5)4-10(24)32-21)19(27)13-14(17(11)25)20(28)16-12(18(13)26)7-3-9(23)22(16,29)6(2)31-7/h5-9,21,23,25,27,29H,3-4H2,1-2H3/t5-,6+,7+,8-,9+,21+,22-/m0/s1. The molecular formula is C22H20O10. The minimum atomic E-state index is -2.14. The summed E-state index contributed by atoms with van der Waals surface area (Å²) in [7, 11) is 0. The maximum absolute atomic E-state index is 13.6. The first-order valence-electron chi connectivity index (χ1n) is 10.4.